The summed E-state index contributed by atoms with van der Waals surface area (Å²) in [6.45, 7) is 3.59. The van der Waals surface area contributed by atoms with Gasteiger partial charge in [0.05, 0.1) is 6.54 Å². The lowest BCUT2D eigenvalue weighted by atomic mass is 10.2. The van der Waals surface area contributed by atoms with Crippen molar-refractivity contribution in [3.05, 3.63) is 72.1 Å². The molecular weight excluding hydrogens is 328 g/mol. The summed E-state index contributed by atoms with van der Waals surface area (Å²) in [6.07, 6.45) is 0. The number of carbonyl (C=O) groups excluding carboxylic acids is 1. The largest absolute Gasteiger partial charge is 0.419 e. The molecule has 0 atom stereocenters. The minimum atomic E-state index is 0.0920. The summed E-state index contributed by atoms with van der Waals surface area (Å²) in [5.41, 5.74) is 1.66. The average molecular weight is 348 g/mol. The van der Waals surface area contributed by atoms with Crippen LogP contribution in [0.1, 0.15) is 16.2 Å². The Kier molecular flexibility index (Phi) is 4.75. The summed E-state index contributed by atoms with van der Waals surface area (Å²) < 4.78 is 5.77. The minimum absolute atomic E-state index is 0.0920. The van der Waals surface area contributed by atoms with E-state index in [1.165, 1.54) is 0 Å². The normalized spacial score (nSPS) is 15.2. The summed E-state index contributed by atoms with van der Waals surface area (Å²) in [4.78, 5) is 16.6. The lowest BCUT2D eigenvalue weighted by Gasteiger charge is -2.34. The first-order valence-corrected chi connectivity index (χ1v) is 8.74. The predicted octanol–water partition coefficient (Wildman–Crippen LogP) is 2.69. The molecule has 0 radical (unpaired) electrons. The number of carbonyl (C=O) groups is 1. The van der Waals surface area contributed by atoms with E-state index in [1.807, 2.05) is 65.6 Å². The van der Waals surface area contributed by atoms with Gasteiger partial charge in [-0.3, -0.25) is 9.69 Å². The van der Waals surface area contributed by atoms with Crippen LogP contribution in [-0.4, -0.2) is 52.1 Å². The van der Waals surface area contributed by atoms with E-state index < -0.39 is 0 Å². The van der Waals surface area contributed by atoms with Crippen molar-refractivity contribution in [2.45, 2.75) is 6.54 Å². The molecule has 4 rings (SSSR count). The third kappa shape index (κ3) is 3.65. The number of nitrogens with zero attached hydrogens (tertiary/aromatic N) is 4. The first kappa shape index (κ1) is 16.5. The highest BCUT2D eigenvalue weighted by molar-refractivity contribution is 5.94. The third-order valence-corrected chi connectivity index (χ3v) is 4.53. The maximum atomic E-state index is 12.5. The molecule has 2 aromatic carbocycles. The Hall–Kier alpha value is -2.99. The quantitative estimate of drug-likeness (QED) is 0.725. The zero-order chi connectivity index (χ0) is 17.8. The highest BCUT2D eigenvalue weighted by Gasteiger charge is 2.23. The smallest absolute Gasteiger partial charge is 0.253 e. The zero-order valence-corrected chi connectivity index (χ0v) is 14.4. The second kappa shape index (κ2) is 7.49. The molecule has 1 fully saturated rings. The van der Waals surface area contributed by atoms with E-state index >= 15 is 0 Å². The fourth-order valence-electron chi connectivity index (χ4n) is 3.08. The van der Waals surface area contributed by atoms with Gasteiger partial charge in [0, 0.05) is 37.3 Å². The van der Waals surface area contributed by atoms with Gasteiger partial charge in [-0.2, -0.15) is 0 Å². The van der Waals surface area contributed by atoms with Crippen LogP contribution in [0.3, 0.4) is 0 Å². The van der Waals surface area contributed by atoms with Crippen LogP contribution in [-0.2, 0) is 6.54 Å². The van der Waals surface area contributed by atoms with E-state index in [2.05, 4.69) is 15.1 Å². The van der Waals surface area contributed by atoms with Gasteiger partial charge in [-0.05, 0) is 24.3 Å². The Bertz CT molecular complexity index is 856. The van der Waals surface area contributed by atoms with Gasteiger partial charge in [0.1, 0.15) is 0 Å². The molecule has 0 unspecified atom stereocenters. The first-order valence-electron chi connectivity index (χ1n) is 8.74. The van der Waals surface area contributed by atoms with Crippen LogP contribution >= 0.6 is 0 Å². The second-order valence-corrected chi connectivity index (χ2v) is 6.30. The van der Waals surface area contributed by atoms with Gasteiger partial charge in [-0.15, -0.1) is 10.2 Å². The van der Waals surface area contributed by atoms with Crippen molar-refractivity contribution in [1.82, 2.24) is 20.0 Å². The molecule has 6 heteroatoms. The van der Waals surface area contributed by atoms with E-state index in [-0.39, 0.29) is 5.91 Å². The number of rotatable bonds is 4. The van der Waals surface area contributed by atoms with Crippen LogP contribution < -0.4 is 0 Å². The molecule has 1 aliphatic rings. The van der Waals surface area contributed by atoms with Crippen molar-refractivity contribution >= 4 is 5.91 Å². The molecular formula is C20H20N4O2. The second-order valence-electron chi connectivity index (χ2n) is 6.30. The van der Waals surface area contributed by atoms with Crippen LogP contribution in [0, 0.1) is 0 Å². The summed E-state index contributed by atoms with van der Waals surface area (Å²) in [6, 6.07) is 19.2. The van der Waals surface area contributed by atoms with E-state index in [0.29, 0.717) is 31.4 Å². The monoisotopic (exact) mass is 348 g/mol. The van der Waals surface area contributed by atoms with Crippen molar-refractivity contribution in [1.29, 1.82) is 0 Å². The Morgan fingerprint density at radius 2 is 1.54 bits per heavy atom. The molecule has 132 valence electrons. The van der Waals surface area contributed by atoms with Crippen molar-refractivity contribution in [3.63, 3.8) is 0 Å². The summed E-state index contributed by atoms with van der Waals surface area (Å²) in [5, 5.41) is 8.28. The van der Waals surface area contributed by atoms with Gasteiger partial charge in [-0.1, -0.05) is 36.4 Å². The van der Waals surface area contributed by atoms with Crippen molar-refractivity contribution < 1.29 is 9.21 Å². The van der Waals surface area contributed by atoms with Crippen LogP contribution in [0.2, 0.25) is 0 Å². The number of hydrogen-bond donors (Lipinski definition) is 0. The number of aromatic nitrogens is 2. The lowest BCUT2D eigenvalue weighted by molar-refractivity contribution is 0.0618. The summed E-state index contributed by atoms with van der Waals surface area (Å²) in [7, 11) is 0. The lowest BCUT2D eigenvalue weighted by Crippen LogP contribution is -2.48. The first-order chi connectivity index (χ1) is 12.8. The van der Waals surface area contributed by atoms with Crippen LogP contribution in [0.25, 0.3) is 11.5 Å². The van der Waals surface area contributed by atoms with Gasteiger partial charge >= 0.3 is 0 Å². The fourth-order valence-corrected chi connectivity index (χ4v) is 3.08. The van der Waals surface area contributed by atoms with Crippen LogP contribution in [0.4, 0.5) is 0 Å². The Morgan fingerprint density at radius 1 is 0.885 bits per heavy atom. The molecule has 0 bridgehead atoms. The third-order valence-electron chi connectivity index (χ3n) is 4.53. The topological polar surface area (TPSA) is 62.5 Å². The number of benzene rings is 2. The molecule has 1 saturated heterocycles. The molecule has 1 aliphatic heterocycles. The molecule has 0 aliphatic carbocycles. The highest BCUT2D eigenvalue weighted by atomic mass is 16.4. The zero-order valence-electron chi connectivity index (χ0n) is 14.4. The fraction of sp³-hybridized carbons (Fsp3) is 0.250. The van der Waals surface area contributed by atoms with Gasteiger partial charge in [0.2, 0.25) is 11.8 Å². The van der Waals surface area contributed by atoms with Gasteiger partial charge in [0.25, 0.3) is 5.91 Å². The van der Waals surface area contributed by atoms with Gasteiger partial charge in [0.15, 0.2) is 0 Å². The van der Waals surface area contributed by atoms with Crippen molar-refractivity contribution in [3.8, 4) is 11.5 Å². The predicted molar refractivity (Wildman–Crippen MR) is 97.4 cm³/mol. The molecule has 0 saturated carbocycles. The van der Waals surface area contributed by atoms with Crippen LogP contribution in [0.5, 0.6) is 0 Å². The maximum absolute atomic E-state index is 12.5. The standard InChI is InChI=1S/C20H20N4O2/c25-20(17-9-5-2-6-10-17)24-13-11-23(12-14-24)15-18-21-22-19(26-18)16-7-3-1-4-8-16/h1-10H,11-15H2. The molecule has 1 amide bonds. The molecule has 2 heterocycles. The summed E-state index contributed by atoms with van der Waals surface area (Å²) in [5.74, 6) is 1.24. The summed E-state index contributed by atoms with van der Waals surface area (Å²) >= 11 is 0. The van der Waals surface area contributed by atoms with E-state index in [1.54, 1.807) is 0 Å². The van der Waals surface area contributed by atoms with Crippen molar-refractivity contribution in [2.75, 3.05) is 26.2 Å². The minimum Gasteiger partial charge on any atom is -0.419 e. The van der Waals surface area contributed by atoms with E-state index in [0.717, 1.165) is 24.2 Å². The van der Waals surface area contributed by atoms with Crippen molar-refractivity contribution in [2.24, 2.45) is 0 Å². The number of piperazine rings is 1. The molecule has 0 N–H and O–H groups in total. The maximum Gasteiger partial charge on any atom is 0.253 e. The Balaban J connectivity index is 1.33. The molecule has 0 spiro atoms. The molecule has 6 nitrogen and oxygen atoms in total. The molecule has 1 aromatic heterocycles. The van der Waals surface area contributed by atoms with E-state index in [4.69, 9.17) is 4.42 Å². The number of hydrogen-bond acceptors (Lipinski definition) is 5. The molecule has 26 heavy (non-hydrogen) atoms. The van der Waals surface area contributed by atoms with Gasteiger partial charge < -0.3 is 9.32 Å². The Morgan fingerprint density at radius 3 is 2.23 bits per heavy atom. The average Bonchev–Trinajstić information content (AvgIpc) is 3.18. The van der Waals surface area contributed by atoms with E-state index in [9.17, 15) is 4.79 Å². The van der Waals surface area contributed by atoms with Crippen LogP contribution in [0.15, 0.2) is 65.1 Å². The molecule has 3 aromatic rings. The SMILES string of the molecule is O=C(c1ccccc1)N1CCN(Cc2nnc(-c3ccccc3)o2)CC1. The Labute approximate surface area is 152 Å². The highest BCUT2D eigenvalue weighted by Crippen LogP contribution is 2.18. The van der Waals surface area contributed by atoms with Gasteiger partial charge in [-0.25, -0.2) is 0 Å². The number of amides is 1.